The van der Waals surface area contributed by atoms with Gasteiger partial charge in [-0.25, -0.2) is 0 Å². The SMILES string of the molecule is Cc1ccc2c(c1)[C@@]1(O)CCC(=O)[C@@]1(C)C/C2=C\c1ccccc1. The van der Waals surface area contributed by atoms with E-state index in [-0.39, 0.29) is 5.78 Å². The number of aliphatic hydroxyl groups is 1. The quantitative estimate of drug-likeness (QED) is 0.841. The van der Waals surface area contributed by atoms with E-state index >= 15 is 0 Å². The molecule has 2 aromatic rings. The molecule has 0 bridgehead atoms. The smallest absolute Gasteiger partial charge is 0.142 e. The fraction of sp³-hybridized carbons (Fsp3) is 0.318. The summed E-state index contributed by atoms with van der Waals surface area (Å²) in [6, 6.07) is 16.4. The maximum atomic E-state index is 12.6. The zero-order chi connectivity index (χ0) is 16.9. The fourth-order valence-corrected chi connectivity index (χ4v) is 4.39. The molecule has 1 fully saturated rings. The summed E-state index contributed by atoms with van der Waals surface area (Å²) < 4.78 is 0. The van der Waals surface area contributed by atoms with Gasteiger partial charge in [-0.15, -0.1) is 0 Å². The summed E-state index contributed by atoms with van der Waals surface area (Å²) in [5, 5.41) is 11.5. The molecule has 0 aromatic heterocycles. The van der Waals surface area contributed by atoms with Crippen molar-refractivity contribution < 1.29 is 9.90 Å². The van der Waals surface area contributed by atoms with E-state index in [1.54, 1.807) is 0 Å². The van der Waals surface area contributed by atoms with Crippen molar-refractivity contribution in [1.82, 2.24) is 0 Å². The number of hydrogen-bond acceptors (Lipinski definition) is 2. The molecule has 122 valence electrons. The van der Waals surface area contributed by atoms with Crippen LogP contribution in [0.25, 0.3) is 11.6 Å². The van der Waals surface area contributed by atoms with Gasteiger partial charge in [-0.05, 0) is 49.0 Å². The standard InChI is InChI=1S/C22H22O2/c1-15-8-9-18-17(13-16-6-4-3-5-7-16)14-21(2)20(23)10-11-22(21,24)19(18)12-15/h3-9,12-13,24H,10-11,14H2,1-2H3/b17-13+/t21-,22+/m1/s1. The van der Waals surface area contributed by atoms with Gasteiger partial charge in [0.25, 0.3) is 0 Å². The van der Waals surface area contributed by atoms with Crippen molar-refractivity contribution in [2.45, 2.75) is 38.7 Å². The van der Waals surface area contributed by atoms with Gasteiger partial charge in [0.05, 0.1) is 5.41 Å². The van der Waals surface area contributed by atoms with Gasteiger partial charge in [-0.1, -0.05) is 60.2 Å². The Kier molecular flexibility index (Phi) is 3.29. The van der Waals surface area contributed by atoms with Crippen molar-refractivity contribution >= 4 is 17.4 Å². The van der Waals surface area contributed by atoms with E-state index in [0.717, 1.165) is 27.8 Å². The molecule has 24 heavy (non-hydrogen) atoms. The van der Waals surface area contributed by atoms with Crippen LogP contribution in [0.2, 0.25) is 0 Å². The lowest BCUT2D eigenvalue weighted by Gasteiger charge is -2.45. The minimum atomic E-state index is -1.04. The highest BCUT2D eigenvalue weighted by Crippen LogP contribution is 2.59. The van der Waals surface area contributed by atoms with Crippen molar-refractivity contribution in [2.24, 2.45) is 5.41 Å². The van der Waals surface area contributed by atoms with E-state index in [1.165, 1.54) is 0 Å². The first-order valence-corrected chi connectivity index (χ1v) is 8.57. The number of rotatable bonds is 1. The van der Waals surface area contributed by atoms with Crippen LogP contribution in [0.5, 0.6) is 0 Å². The number of allylic oxidation sites excluding steroid dienone is 1. The van der Waals surface area contributed by atoms with Gasteiger partial charge >= 0.3 is 0 Å². The second kappa shape index (κ2) is 5.15. The van der Waals surface area contributed by atoms with Crippen LogP contribution < -0.4 is 0 Å². The largest absolute Gasteiger partial charge is 0.384 e. The maximum Gasteiger partial charge on any atom is 0.142 e. The van der Waals surface area contributed by atoms with Crippen LogP contribution in [-0.2, 0) is 10.4 Å². The molecule has 0 spiro atoms. The van der Waals surface area contributed by atoms with Crippen molar-refractivity contribution in [3.63, 3.8) is 0 Å². The van der Waals surface area contributed by atoms with Gasteiger partial charge in [0.15, 0.2) is 0 Å². The van der Waals surface area contributed by atoms with Crippen molar-refractivity contribution in [3.8, 4) is 0 Å². The molecule has 1 N–H and O–H groups in total. The third-order valence-electron chi connectivity index (χ3n) is 5.89. The average Bonchev–Trinajstić information content (AvgIpc) is 2.81. The van der Waals surface area contributed by atoms with E-state index in [1.807, 2.05) is 32.0 Å². The summed E-state index contributed by atoms with van der Waals surface area (Å²) in [7, 11) is 0. The Bertz CT molecular complexity index is 850. The molecule has 0 radical (unpaired) electrons. The highest BCUT2D eigenvalue weighted by Gasteiger charge is 2.60. The molecule has 2 nitrogen and oxygen atoms in total. The van der Waals surface area contributed by atoms with Crippen LogP contribution >= 0.6 is 0 Å². The van der Waals surface area contributed by atoms with Gasteiger partial charge < -0.3 is 5.11 Å². The van der Waals surface area contributed by atoms with Gasteiger partial charge in [0.2, 0.25) is 0 Å². The lowest BCUT2D eigenvalue weighted by molar-refractivity contribution is -0.136. The molecule has 0 amide bonds. The van der Waals surface area contributed by atoms with E-state index in [4.69, 9.17) is 0 Å². The van der Waals surface area contributed by atoms with E-state index in [9.17, 15) is 9.90 Å². The first-order chi connectivity index (χ1) is 11.4. The Hall–Kier alpha value is -2.19. The van der Waals surface area contributed by atoms with Crippen LogP contribution in [0.1, 0.15) is 48.4 Å². The molecular formula is C22H22O2. The number of aryl methyl sites for hydroxylation is 1. The molecular weight excluding hydrogens is 296 g/mol. The van der Waals surface area contributed by atoms with Crippen molar-refractivity contribution in [3.05, 3.63) is 70.8 Å². The Balaban J connectivity index is 1.95. The summed E-state index contributed by atoms with van der Waals surface area (Å²) in [6.07, 6.45) is 3.73. The molecule has 0 heterocycles. The number of Topliss-reactive ketones (excluding diaryl/α,β-unsaturated/α-hetero) is 1. The molecule has 2 aliphatic carbocycles. The summed E-state index contributed by atoms with van der Waals surface area (Å²) in [5.41, 5.74) is 3.61. The van der Waals surface area contributed by atoms with Gasteiger partial charge in [0.1, 0.15) is 11.4 Å². The van der Waals surface area contributed by atoms with Gasteiger partial charge in [-0.3, -0.25) is 4.79 Å². The van der Waals surface area contributed by atoms with Crippen LogP contribution in [0, 0.1) is 12.3 Å². The van der Waals surface area contributed by atoms with Crippen LogP contribution in [-0.4, -0.2) is 10.9 Å². The highest BCUT2D eigenvalue weighted by atomic mass is 16.3. The molecule has 4 rings (SSSR count). The number of ketones is 1. The van der Waals surface area contributed by atoms with E-state index < -0.39 is 11.0 Å². The topological polar surface area (TPSA) is 37.3 Å². The maximum absolute atomic E-state index is 12.6. The second-order valence-electron chi connectivity index (χ2n) is 7.42. The van der Waals surface area contributed by atoms with Crippen LogP contribution in [0.15, 0.2) is 48.5 Å². The first-order valence-electron chi connectivity index (χ1n) is 8.57. The normalized spacial score (nSPS) is 30.3. The zero-order valence-electron chi connectivity index (χ0n) is 14.2. The Morgan fingerprint density at radius 2 is 1.88 bits per heavy atom. The predicted molar refractivity (Wildman–Crippen MR) is 96.4 cm³/mol. The summed E-state index contributed by atoms with van der Waals surface area (Å²) >= 11 is 0. The lowest BCUT2D eigenvalue weighted by Crippen LogP contribution is -2.46. The fourth-order valence-electron chi connectivity index (χ4n) is 4.39. The molecule has 0 aliphatic heterocycles. The molecule has 0 unspecified atom stereocenters. The van der Waals surface area contributed by atoms with Crippen LogP contribution in [0.4, 0.5) is 0 Å². The molecule has 0 saturated heterocycles. The summed E-state index contributed by atoms with van der Waals surface area (Å²) in [5.74, 6) is 0.177. The number of hydrogen-bond donors (Lipinski definition) is 1. The van der Waals surface area contributed by atoms with Gasteiger partial charge in [-0.2, -0.15) is 0 Å². The minimum absolute atomic E-state index is 0.177. The molecule has 2 heteroatoms. The van der Waals surface area contributed by atoms with E-state index in [0.29, 0.717) is 19.3 Å². The third kappa shape index (κ3) is 2.03. The number of benzene rings is 2. The summed E-state index contributed by atoms with van der Waals surface area (Å²) in [6.45, 7) is 3.97. The first kappa shape index (κ1) is 15.3. The van der Waals surface area contributed by atoms with Crippen molar-refractivity contribution in [2.75, 3.05) is 0 Å². The molecule has 2 aliphatic rings. The monoisotopic (exact) mass is 318 g/mol. The number of fused-ring (bicyclic) bond motifs is 3. The molecule has 2 aromatic carbocycles. The molecule has 1 saturated carbocycles. The van der Waals surface area contributed by atoms with Crippen molar-refractivity contribution in [1.29, 1.82) is 0 Å². The lowest BCUT2D eigenvalue weighted by atomic mass is 9.61. The minimum Gasteiger partial charge on any atom is -0.384 e. The second-order valence-corrected chi connectivity index (χ2v) is 7.42. The Morgan fingerprint density at radius 1 is 1.12 bits per heavy atom. The molecule has 2 atom stereocenters. The zero-order valence-corrected chi connectivity index (χ0v) is 14.2. The third-order valence-corrected chi connectivity index (χ3v) is 5.89. The van der Waals surface area contributed by atoms with Gasteiger partial charge in [0, 0.05) is 6.42 Å². The predicted octanol–water partition coefficient (Wildman–Crippen LogP) is 4.50. The summed E-state index contributed by atoms with van der Waals surface area (Å²) in [4.78, 5) is 12.6. The number of carbonyl (C=O) groups is 1. The highest BCUT2D eigenvalue weighted by molar-refractivity contribution is 5.96. The Labute approximate surface area is 142 Å². The average molecular weight is 318 g/mol. The van der Waals surface area contributed by atoms with Crippen LogP contribution in [0.3, 0.4) is 0 Å². The van der Waals surface area contributed by atoms with E-state index in [2.05, 4.69) is 36.4 Å². The Morgan fingerprint density at radius 3 is 2.62 bits per heavy atom. The number of carbonyl (C=O) groups excluding carboxylic acids is 1.